The Hall–Kier alpha value is -6.31. The highest BCUT2D eigenvalue weighted by molar-refractivity contribution is 7.90. The van der Waals surface area contributed by atoms with E-state index in [0.717, 1.165) is 19.3 Å². The zero-order valence-electron chi connectivity index (χ0n) is 53.4. The number of halogens is 4. The van der Waals surface area contributed by atoms with Gasteiger partial charge in [0.25, 0.3) is 5.91 Å². The first-order valence-electron chi connectivity index (χ1n) is 31.2. The average Bonchev–Trinajstić information content (AvgIpc) is 1.03. The molecule has 1 saturated carbocycles. The maximum absolute atomic E-state index is 14.1. The molecular weight excluding hydrogens is 1300 g/mol. The topological polar surface area (TPSA) is 325 Å². The average molecular weight is 1390 g/mol. The number of nitrogens with two attached hydrogens (primary N) is 1. The summed E-state index contributed by atoms with van der Waals surface area (Å²) in [6, 6.07) is 12.1. The standard InChI is InChI=1S/C62H86F4N6O21S2/c1-3-15-72(91-18-14-68-62(76)92-49-7-5-8-49)61(75)48-37-47-11-10-46(39-51(47)70-52(67)40-48)45-6-4-9-50(38-45)95(79,80)71-42-44(43-71)41-69-53(73)12-16-81-19-21-83-23-25-85-27-29-87-31-33-89-35-36-90-34-32-88-30-28-86-26-24-84-22-20-82-17-13-54(74)93-59-55(63)57(65)60(94(2,77)78)58(66)56(59)64/h4,6,9-11,37-39,44,49H,3,5,7-8,12-36,40-43H2,1-2H3,(H2,67,70)(H,68,76)(H,69,73). The number of benzene rings is 3. The van der Waals surface area contributed by atoms with Crippen molar-refractivity contribution in [3.63, 3.8) is 0 Å². The van der Waals surface area contributed by atoms with Gasteiger partial charge in [-0.1, -0.05) is 31.2 Å². The molecule has 0 aromatic heterocycles. The lowest BCUT2D eigenvalue weighted by molar-refractivity contribution is -0.181. The van der Waals surface area contributed by atoms with E-state index in [-0.39, 0.29) is 113 Å². The monoisotopic (exact) mass is 1390 g/mol. The van der Waals surface area contributed by atoms with E-state index in [1.807, 2.05) is 13.0 Å². The van der Waals surface area contributed by atoms with Crippen molar-refractivity contribution < 1.29 is 115 Å². The number of carbonyl (C=O) groups is 4. The number of amides is 3. The largest absolute Gasteiger partial charge is 0.446 e. The Morgan fingerprint density at radius 2 is 1.15 bits per heavy atom. The molecule has 0 atom stereocenters. The molecule has 2 heterocycles. The molecule has 0 radical (unpaired) electrons. The van der Waals surface area contributed by atoms with Gasteiger partial charge in [0, 0.05) is 68.9 Å². The van der Waals surface area contributed by atoms with E-state index in [2.05, 4.69) is 20.4 Å². The quantitative estimate of drug-likeness (QED) is 0.0170. The number of ether oxygens (including phenoxy) is 12. The van der Waals surface area contributed by atoms with Gasteiger partial charge in [0.15, 0.2) is 21.5 Å². The molecule has 4 N–H and O–H groups in total. The van der Waals surface area contributed by atoms with Crippen molar-refractivity contribution in [1.82, 2.24) is 20.0 Å². The summed E-state index contributed by atoms with van der Waals surface area (Å²) in [6.45, 7) is 8.87. The third kappa shape index (κ3) is 26.9. The van der Waals surface area contributed by atoms with Crippen LogP contribution in [0.5, 0.6) is 5.75 Å². The normalized spacial score (nSPS) is 14.5. The number of alkyl carbamates (subject to hydrolysis) is 1. The molecule has 530 valence electrons. The fraction of sp³-hybridized carbons (Fsp3) is 0.597. The number of esters is 1. The molecule has 1 aliphatic carbocycles. The van der Waals surface area contributed by atoms with Crippen LogP contribution >= 0.6 is 0 Å². The second kappa shape index (κ2) is 41.7. The maximum Gasteiger partial charge on any atom is 0.407 e. The van der Waals surface area contributed by atoms with Crippen molar-refractivity contribution in [3.05, 3.63) is 76.9 Å². The third-order valence-corrected chi connectivity index (χ3v) is 17.2. The number of fused-ring (bicyclic) bond motifs is 1. The number of hydroxylamine groups is 2. The van der Waals surface area contributed by atoms with Gasteiger partial charge in [-0.2, -0.15) is 13.1 Å². The number of sulfone groups is 1. The zero-order valence-corrected chi connectivity index (χ0v) is 55.1. The number of amidine groups is 1. The van der Waals surface area contributed by atoms with Crippen molar-refractivity contribution in [3.8, 4) is 16.9 Å². The van der Waals surface area contributed by atoms with E-state index in [0.29, 0.717) is 146 Å². The summed E-state index contributed by atoms with van der Waals surface area (Å²) in [6.07, 6.45) is 4.60. The van der Waals surface area contributed by atoms with Crippen LogP contribution in [0.3, 0.4) is 0 Å². The van der Waals surface area contributed by atoms with Crippen LogP contribution in [0.2, 0.25) is 0 Å². The summed E-state index contributed by atoms with van der Waals surface area (Å²) in [5.41, 5.74) is 9.22. The molecular formula is C62H86F4N6O21S2. The minimum atomic E-state index is -4.66. The fourth-order valence-corrected chi connectivity index (χ4v) is 11.5. The van der Waals surface area contributed by atoms with Crippen LogP contribution in [-0.4, -0.2) is 240 Å². The molecule has 3 amide bonds. The Morgan fingerprint density at radius 3 is 1.64 bits per heavy atom. The first-order chi connectivity index (χ1) is 45.8. The van der Waals surface area contributed by atoms with E-state index in [1.54, 1.807) is 42.5 Å². The lowest BCUT2D eigenvalue weighted by Crippen LogP contribution is -2.53. The number of nitrogens with one attached hydrogen (secondary N) is 2. The molecule has 2 aliphatic heterocycles. The Morgan fingerprint density at radius 1 is 0.642 bits per heavy atom. The predicted molar refractivity (Wildman–Crippen MR) is 334 cm³/mol. The van der Waals surface area contributed by atoms with Gasteiger partial charge in [-0.05, 0) is 61.1 Å². The number of sulfonamides is 1. The summed E-state index contributed by atoms with van der Waals surface area (Å²) in [5.74, 6) is -12.1. The van der Waals surface area contributed by atoms with Gasteiger partial charge in [-0.15, -0.1) is 0 Å². The first kappa shape index (κ1) is 77.7. The molecule has 6 rings (SSSR count). The SMILES string of the molecule is CCCN(OCCNC(=O)OC1CCC1)C(=O)C1=Cc2ccc(-c3cccc(S(=O)(=O)N4CC(CNC(=O)CCOCCOCCOCCOCCOCCOCCOCCOCCOCCOCCC(=O)Oc5c(F)c(F)c(S(C)(=O)=O)c(F)c5F)C4)c3)cc2N=C(N)C1. The highest BCUT2D eigenvalue weighted by atomic mass is 32.2. The second-order valence-corrected chi connectivity index (χ2v) is 25.5. The van der Waals surface area contributed by atoms with E-state index >= 15 is 0 Å². The number of rotatable bonds is 48. The highest BCUT2D eigenvalue weighted by Crippen LogP contribution is 2.35. The van der Waals surface area contributed by atoms with Crippen LogP contribution in [0.4, 0.5) is 28.0 Å². The number of hydrogen-bond acceptors (Lipinski definition) is 23. The zero-order chi connectivity index (χ0) is 68.4. The van der Waals surface area contributed by atoms with Gasteiger partial charge in [0.1, 0.15) is 16.8 Å². The summed E-state index contributed by atoms with van der Waals surface area (Å²) in [5, 5.41) is 6.79. The summed E-state index contributed by atoms with van der Waals surface area (Å²) in [4.78, 5) is 58.8. The van der Waals surface area contributed by atoms with E-state index in [4.69, 9.17) is 62.7 Å². The van der Waals surface area contributed by atoms with Gasteiger partial charge < -0.3 is 73.2 Å². The number of carbonyl (C=O) groups excluding carboxylic acids is 4. The van der Waals surface area contributed by atoms with Gasteiger partial charge >= 0.3 is 12.1 Å². The molecule has 95 heavy (non-hydrogen) atoms. The van der Waals surface area contributed by atoms with Gasteiger partial charge in [0.05, 0.1) is 156 Å². The van der Waals surface area contributed by atoms with Crippen LogP contribution in [0.15, 0.2) is 62.8 Å². The van der Waals surface area contributed by atoms with Crippen LogP contribution in [0.1, 0.15) is 57.4 Å². The fourth-order valence-electron chi connectivity index (χ4n) is 9.04. The van der Waals surface area contributed by atoms with Crippen LogP contribution in [-0.2, 0) is 91.2 Å². The summed E-state index contributed by atoms with van der Waals surface area (Å²) in [7, 11) is -8.49. The molecule has 3 aliphatic rings. The molecule has 27 nitrogen and oxygen atoms in total. The minimum Gasteiger partial charge on any atom is -0.446 e. The molecule has 0 unspecified atom stereocenters. The van der Waals surface area contributed by atoms with Gasteiger partial charge in [-0.25, -0.2) is 40.5 Å². The van der Waals surface area contributed by atoms with Crippen molar-refractivity contribution in [2.24, 2.45) is 16.6 Å². The predicted octanol–water partition coefficient (Wildman–Crippen LogP) is 4.83. The maximum atomic E-state index is 14.1. The van der Waals surface area contributed by atoms with Crippen molar-refractivity contribution in [2.75, 3.05) is 178 Å². The van der Waals surface area contributed by atoms with Gasteiger partial charge in [-0.3, -0.25) is 19.2 Å². The molecule has 2 fully saturated rings. The van der Waals surface area contributed by atoms with Crippen LogP contribution in [0, 0.1) is 29.2 Å². The molecule has 0 bridgehead atoms. The molecule has 3 aromatic carbocycles. The Balaban J connectivity index is 0.681. The van der Waals surface area contributed by atoms with Crippen LogP contribution < -0.4 is 21.1 Å². The van der Waals surface area contributed by atoms with Crippen molar-refractivity contribution in [1.29, 1.82) is 0 Å². The van der Waals surface area contributed by atoms with E-state index < -0.39 is 72.3 Å². The smallest absolute Gasteiger partial charge is 0.407 e. The minimum absolute atomic E-state index is 0.0360. The molecule has 1 saturated heterocycles. The van der Waals surface area contributed by atoms with Gasteiger partial charge in [0.2, 0.25) is 33.3 Å². The Kier molecular flexibility index (Phi) is 34.1. The number of hydrogen-bond donors (Lipinski definition) is 3. The second-order valence-electron chi connectivity index (χ2n) is 21.7. The molecule has 0 spiro atoms. The first-order valence-corrected chi connectivity index (χ1v) is 34.6. The Bertz CT molecular complexity index is 3210. The Labute approximate surface area is 550 Å². The van der Waals surface area contributed by atoms with E-state index in [9.17, 15) is 53.6 Å². The summed E-state index contributed by atoms with van der Waals surface area (Å²) < 4.78 is 172. The van der Waals surface area contributed by atoms with Crippen molar-refractivity contribution >= 4 is 61.3 Å². The third-order valence-electron chi connectivity index (χ3n) is 14.2. The molecule has 33 heteroatoms. The highest BCUT2D eigenvalue weighted by Gasteiger charge is 2.37. The van der Waals surface area contributed by atoms with E-state index in [1.165, 1.54) is 9.37 Å². The molecule has 3 aromatic rings. The lowest BCUT2D eigenvalue weighted by Gasteiger charge is -2.38. The summed E-state index contributed by atoms with van der Waals surface area (Å²) >= 11 is 0. The van der Waals surface area contributed by atoms with Crippen LogP contribution in [0.25, 0.3) is 17.2 Å². The lowest BCUT2D eigenvalue weighted by atomic mass is 9.96. The number of aliphatic imine (C=N–C) groups is 1. The van der Waals surface area contributed by atoms with Crippen molar-refractivity contribution in [2.45, 2.75) is 67.8 Å². The number of nitrogens with zero attached hydrogens (tertiary/aromatic N) is 3.